The number of nitrogens with one attached hydrogen (secondary N) is 1. The third-order valence-electron chi connectivity index (χ3n) is 4.58. The van der Waals surface area contributed by atoms with Gasteiger partial charge in [-0.3, -0.25) is 14.9 Å². The number of methoxy groups -OCH3 is 1. The summed E-state index contributed by atoms with van der Waals surface area (Å²) in [4.78, 5) is 23.9. The first-order valence-corrected chi connectivity index (χ1v) is 9.13. The van der Waals surface area contributed by atoms with Gasteiger partial charge in [-0.1, -0.05) is 53.7 Å². The summed E-state index contributed by atoms with van der Waals surface area (Å²) in [6.45, 7) is 11.9. The van der Waals surface area contributed by atoms with Crippen LogP contribution in [0.4, 0.5) is 11.4 Å². The Morgan fingerprint density at radius 3 is 2.14 bits per heavy atom. The van der Waals surface area contributed by atoms with E-state index < -0.39 is 16.2 Å². The second-order valence-electron chi connectivity index (χ2n) is 8.86. The summed E-state index contributed by atoms with van der Waals surface area (Å²) in [5, 5.41) is 14.3. The van der Waals surface area contributed by atoms with Gasteiger partial charge < -0.3 is 10.1 Å². The highest BCUT2D eigenvalue weighted by Gasteiger charge is 2.26. The zero-order chi connectivity index (χ0) is 21.3. The van der Waals surface area contributed by atoms with Crippen molar-refractivity contribution in [2.75, 3.05) is 12.4 Å². The second-order valence-corrected chi connectivity index (χ2v) is 8.86. The van der Waals surface area contributed by atoms with Crippen LogP contribution in [0.3, 0.4) is 0 Å². The van der Waals surface area contributed by atoms with E-state index in [2.05, 4.69) is 26.1 Å². The van der Waals surface area contributed by atoms with Gasteiger partial charge in [0.15, 0.2) is 0 Å². The average Bonchev–Trinajstić information content (AvgIpc) is 2.59. The van der Waals surface area contributed by atoms with Crippen LogP contribution >= 0.6 is 0 Å². The van der Waals surface area contributed by atoms with Crippen molar-refractivity contribution >= 4 is 17.3 Å². The molecule has 0 aromatic heterocycles. The molecule has 0 bridgehead atoms. The molecule has 1 amide bonds. The Kier molecular flexibility index (Phi) is 5.83. The minimum absolute atomic E-state index is 0.0597. The molecule has 0 atom stereocenters. The van der Waals surface area contributed by atoms with Gasteiger partial charge in [0.25, 0.3) is 11.6 Å². The third kappa shape index (κ3) is 4.68. The molecule has 28 heavy (non-hydrogen) atoms. The van der Waals surface area contributed by atoms with Crippen molar-refractivity contribution in [3.8, 4) is 5.75 Å². The van der Waals surface area contributed by atoms with Gasteiger partial charge in [-0.25, -0.2) is 0 Å². The normalized spacial score (nSPS) is 11.8. The van der Waals surface area contributed by atoms with Crippen LogP contribution in [0.1, 0.15) is 63.0 Å². The maximum atomic E-state index is 12.8. The zero-order valence-electron chi connectivity index (χ0n) is 17.5. The van der Waals surface area contributed by atoms with E-state index in [1.54, 1.807) is 18.2 Å². The highest BCUT2D eigenvalue weighted by molar-refractivity contribution is 6.05. The van der Waals surface area contributed by atoms with E-state index in [1.165, 1.54) is 13.2 Å². The van der Waals surface area contributed by atoms with Crippen molar-refractivity contribution in [3.05, 3.63) is 63.2 Å². The van der Waals surface area contributed by atoms with E-state index in [1.807, 2.05) is 32.9 Å². The number of anilines is 1. The van der Waals surface area contributed by atoms with Gasteiger partial charge in [0, 0.05) is 17.2 Å². The summed E-state index contributed by atoms with van der Waals surface area (Å²) in [5.41, 5.74) is 1.82. The van der Waals surface area contributed by atoms with Crippen molar-refractivity contribution in [1.29, 1.82) is 0 Å². The van der Waals surface area contributed by atoms with Crippen molar-refractivity contribution in [3.63, 3.8) is 0 Å². The predicted molar refractivity (Wildman–Crippen MR) is 111 cm³/mol. The number of carbonyl (C=O) groups excluding carboxylic acids is 1. The number of ether oxygens (including phenoxy) is 1. The molecule has 2 rings (SSSR count). The second kappa shape index (κ2) is 7.62. The number of nitrogens with zero attached hydrogens (tertiary/aromatic N) is 1. The summed E-state index contributed by atoms with van der Waals surface area (Å²) in [5.74, 6) is 0.107. The van der Waals surface area contributed by atoms with Gasteiger partial charge in [-0.15, -0.1) is 0 Å². The fraction of sp³-hybridized carbons (Fsp3) is 0.409. The van der Waals surface area contributed by atoms with Crippen molar-refractivity contribution in [2.45, 2.75) is 52.4 Å². The molecule has 0 radical (unpaired) electrons. The van der Waals surface area contributed by atoms with E-state index in [0.717, 1.165) is 5.56 Å². The van der Waals surface area contributed by atoms with E-state index in [-0.39, 0.29) is 16.7 Å². The molecule has 0 fully saturated rings. The number of nitro benzene ring substituents is 1. The molecule has 6 heteroatoms. The molecule has 2 aromatic carbocycles. The fourth-order valence-electron chi connectivity index (χ4n) is 2.92. The number of hydrogen-bond donors (Lipinski definition) is 1. The van der Waals surface area contributed by atoms with E-state index in [4.69, 9.17) is 4.74 Å². The van der Waals surface area contributed by atoms with Gasteiger partial charge in [0.1, 0.15) is 5.75 Å². The Bertz CT molecular complexity index is 906. The first-order valence-electron chi connectivity index (χ1n) is 9.13. The molecule has 0 aliphatic rings. The summed E-state index contributed by atoms with van der Waals surface area (Å²) in [7, 11) is 1.53. The standard InChI is InChI=1S/C22H28N2O4/c1-21(2,3)15-9-11-19(28-7)17(13-15)23-20(25)14-8-10-16(22(4,5)6)18(12-14)24(26)27/h8-13H,1-7H3,(H,23,25). The number of rotatable bonds is 4. The molecule has 2 aromatic rings. The Hall–Kier alpha value is -2.89. The lowest BCUT2D eigenvalue weighted by Gasteiger charge is -2.21. The summed E-state index contributed by atoms with van der Waals surface area (Å²) in [6, 6.07) is 10.2. The zero-order valence-corrected chi connectivity index (χ0v) is 17.5. The van der Waals surface area contributed by atoms with Crippen LogP contribution in [0.25, 0.3) is 0 Å². The molecular formula is C22H28N2O4. The van der Waals surface area contributed by atoms with Gasteiger partial charge >= 0.3 is 0 Å². The molecule has 1 N–H and O–H groups in total. The van der Waals surface area contributed by atoms with E-state index >= 15 is 0 Å². The Balaban J connectivity index is 2.43. The molecular weight excluding hydrogens is 356 g/mol. The molecule has 0 saturated heterocycles. The van der Waals surface area contributed by atoms with Crippen molar-refractivity contribution in [1.82, 2.24) is 0 Å². The van der Waals surface area contributed by atoms with Crippen LogP contribution in [-0.2, 0) is 10.8 Å². The molecule has 0 heterocycles. The lowest BCUT2D eigenvalue weighted by molar-refractivity contribution is -0.386. The molecule has 0 spiro atoms. The van der Waals surface area contributed by atoms with Crippen LogP contribution in [-0.4, -0.2) is 17.9 Å². The molecule has 150 valence electrons. The number of benzene rings is 2. The summed E-state index contributed by atoms with van der Waals surface area (Å²) in [6.07, 6.45) is 0. The topological polar surface area (TPSA) is 81.5 Å². The quantitative estimate of drug-likeness (QED) is 0.561. The van der Waals surface area contributed by atoms with Gasteiger partial charge in [-0.05, 0) is 34.6 Å². The maximum Gasteiger partial charge on any atom is 0.273 e. The predicted octanol–water partition coefficient (Wildman–Crippen LogP) is 5.45. The Morgan fingerprint density at radius 1 is 1.00 bits per heavy atom. The number of carbonyl (C=O) groups is 1. The minimum Gasteiger partial charge on any atom is -0.495 e. The summed E-state index contributed by atoms with van der Waals surface area (Å²) < 4.78 is 5.35. The number of nitro groups is 1. The van der Waals surface area contributed by atoms with Crippen LogP contribution in [0, 0.1) is 10.1 Å². The largest absolute Gasteiger partial charge is 0.495 e. The summed E-state index contributed by atoms with van der Waals surface area (Å²) >= 11 is 0. The Morgan fingerprint density at radius 2 is 1.64 bits per heavy atom. The third-order valence-corrected chi connectivity index (χ3v) is 4.58. The van der Waals surface area contributed by atoms with E-state index in [9.17, 15) is 14.9 Å². The monoisotopic (exact) mass is 384 g/mol. The number of amides is 1. The SMILES string of the molecule is COc1ccc(C(C)(C)C)cc1NC(=O)c1ccc(C(C)(C)C)c([N+](=O)[O-])c1. The number of hydrogen-bond acceptors (Lipinski definition) is 4. The maximum absolute atomic E-state index is 12.8. The van der Waals surface area contributed by atoms with Crippen molar-refractivity contribution in [2.24, 2.45) is 0 Å². The molecule has 6 nitrogen and oxygen atoms in total. The fourth-order valence-corrected chi connectivity index (χ4v) is 2.92. The van der Waals surface area contributed by atoms with Crippen LogP contribution in [0.2, 0.25) is 0 Å². The molecule has 0 saturated carbocycles. The first-order chi connectivity index (χ1) is 12.8. The molecule has 0 unspecified atom stereocenters. The lowest BCUT2D eigenvalue weighted by Crippen LogP contribution is -2.17. The average molecular weight is 384 g/mol. The van der Waals surface area contributed by atoms with E-state index in [0.29, 0.717) is 17.0 Å². The van der Waals surface area contributed by atoms with Gasteiger partial charge in [-0.2, -0.15) is 0 Å². The lowest BCUT2D eigenvalue weighted by atomic mass is 9.85. The van der Waals surface area contributed by atoms with Gasteiger partial charge in [0.05, 0.1) is 17.7 Å². The molecule has 0 aliphatic carbocycles. The molecule has 0 aliphatic heterocycles. The smallest absolute Gasteiger partial charge is 0.273 e. The van der Waals surface area contributed by atoms with Crippen molar-refractivity contribution < 1.29 is 14.5 Å². The van der Waals surface area contributed by atoms with Crippen LogP contribution in [0.5, 0.6) is 5.75 Å². The van der Waals surface area contributed by atoms with Crippen LogP contribution < -0.4 is 10.1 Å². The minimum atomic E-state index is -0.446. The highest BCUT2D eigenvalue weighted by atomic mass is 16.6. The highest BCUT2D eigenvalue weighted by Crippen LogP contribution is 2.34. The Labute approximate surface area is 166 Å². The van der Waals surface area contributed by atoms with Gasteiger partial charge in [0.2, 0.25) is 0 Å². The van der Waals surface area contributed by atoms with Crippen LogP contribution in [0.15, 0.2) is 36.4 Å². The first kappa shape index (κ1) is 21.4.